The molecule has 25 heavy (non-hydrogen) atoms. The van der Waals surface area contributed by atoms with Gasteiger partial charge < -0.3 is 10.6 Å². The van der Waals surface area contributed by atoms with Crippen LogP contribution in [-0.2, 0) is 0 Å². The molecule has 0 spiro atoms. The summed E-state index contributed by atoms with van der Waals surface area (Å²) in [6, 6.07) is 19.5. The summed E-state index contributed by atoms with van der Waals surface area (Å²) in [4.78, 5) is 16.4. The molecule has 3 rings (SSSR count). The number of hydrogen-bond acceptors (Lipinski definition) is 4. The first-order valence-electron chi connectivity index (χ1n) is 7.45. The Hall–Kier alpha value is -3.36. The van der Waals surface area contributed by atoms with Crippen molar-refractivity contribution in [1.29, 1.82) is 5.26 Å². The van der Waals surface area contributed by atoms with Gasteiger partial charge in [-0.1, -0.05) is 29.8 Å². The summed E-state index contributed by atoms with van der Waals surface area (Å²) in [6.07, 6.45) is 1.59. The van der Waals surface area contributed by atoms with Gasteiger partial charge in [0.2, 0.25) is 0 Å². The van der Waals surface area contributed by atoms with Gasteiger partial charge in [-0.2, -0.15) is 5.26 Å². The number of para-hydroxylation sites is 1. The predicted molar refractivity (Wildman–Crippen MR) is 98.1 cm³/mol. The fourth-order valence-corrected chi connectivity index (χ4v) is 2.40. The first-order valence-corrected chi connectivity index (χ1v) is 7.82. The third-order valence-corrected chi connectivity index (χ3v) is 3.65. The molecule has 1 aromatic heterocycles. The van der Waals surface area contributed by atoms with E-state index in [4.69, 9.17) is 16.9 Å². The quantitative estimate of drug-likeness (QED) is 0.722. The summed E-state index contributed by atoms with van der Waals surface area (Å²) in [7, 11) is 0. The number of carbonyl (C=O) groups excluding carboxylic acids is 1. The second kappa shape index (κ2) is 7.47. The van der Waals surface area contributed by atoms with Crippen molar-refractivity contribution < 1.29 is 4.79 Å². The van der Waals surface area contributed by atoms with E-state index in [1.165, 1.54) is 0 Å². The SMILES string of the molecule is N#Cc1ccccc1Nc1ccc(NC(=O)c2cccc(Cl)c2)nc1. The Morgan fingerprint density at radius 2 is 1.92 bits per heavy atom. The molecule has 0 aliphatic rings. The van der Waals surface area contributed by atoms with E-state index in [1.54, 1.807) is 54.7 Å². The number of aromatic nitrogens is 1. The number of amides is 1. The highest BCUT2D eigenvalue weighted by Crippen LogP contribution is 2.20. The number of halogens is 1. The maximum atomic E-state index is 12.2. The topological polar surface area (TPSA) is 77.8 Å². The molecule has 0 unspecified atom stereocenters. The normalized spacial score (nSPS) is 9.92. The molecule has 3 aromatic rings. The summed E-state index contributed by atoms with van der Waals surface area (Å²) in [5.41, 5.74) is 2.41. The van der Waals surface area contributed by atoms with E-state index in [1.807, 2.05) is 12.1 Å². The van der Waals surface area contributed by atoms with E-state index in [9.17, 15) is 4.79 Å². The number of nitrogens with zero attached hydrogens (tertiary/aromatic N) is 2. The molecule has 1 amide bonds. The van der Waals surface area contributed by atoms with Gasteiger partial charge in [0, 0.05) is 10.6 Å². The Kier molecular flexibility index (Phi) is 4.93. The summed E-state index contributed by atoms with van der Waals surface area (Å²) in [6.45, 7) is 0. The van der Waals surface area contributed by atoms with Crippen molar-refractivity contribution in [3.05, 3.63) is 83.0 Å². The van der Waals surface area contributed by atoms with Crippen LogP contribution in [-0.4, -0.2) is 10.9 Å². The molecule has 0 aliphatic heterocycles. The summed E-state index contributed by atoms with van der Waals surface area (Å²) < 4.78 is 0. The van der Waals surface area contributed by atoms with Gasteiger partial charge in [-0.3, -0.25) is 4.79 Å². The standard InChI is InChI=1S/C19H13ClN4O/c20-15-6-3-5-13(10-15)19(25)24-18-9-8-16(12-22-18)23-17-7-2-1-4-14(17)11-21/h1-10,12,23H,(H,22,24,25). The summed E-state index contributed by atoms with van der Waals surface area (Å²) in [5.74, 6) is 0.134. The van der Waals surface area contributed by atoms with Crippen LogP contribution in [0, 0.1) is 11.3 Å². The number of carbonyl (C=O) groups is 1. The zero-order chi connectivity index (χ0) is 17.6. The minimum atomic E-state index is -0.287. The molecule has 0 saturated heterocycles. The number of anilines is 3. The molecule has 2 aromatic carbocycles. The van der Waals surface area contributed by atoms with Crippen molar-refractivity contribution in [3.63, 3.8) is 0 Å². The molecule has 0 aliphatic carbocycles. The summed E-state index contributed by atoms with van der Waals surface area (Å²) in [5, 5.41) is 15.4. The number of nitriles is 1. The number of pyridine rings is 1. The lowest BCUT2D eigenvalue weighted by Crippen LogP contribution is -2.12. The predicted octanol–water partition coefficient (Wildman–Crippen LogP) is 4.60. The van der Waals surface area contributed by atoms with Crippen molar-refractivity contribution in [2.75, 3.05) is 10.6 Å². The lowest BCUT2D eigenvalue weighted by molar-refractivity contribution is 0.102. The van der Waals surface area contributed by atoms with Crippen LogP contribution < -0.4 is 10.6 Å². The average Bonchev–Trinajstić information content (AvgIpc) is 2.64. The van der Waals surface area contributed by atoms with Crippen LogP contribution >= 0.6 is 11.6 Å². The number of rotatable bonds is 4. The van der Waals surface area contributed by atoms with Crippen LogP contribution in [0.25, 0.3) is 0 Å². The van der Waals surface area contributed by atoms with Crippen molar-refractivity contribution in [2.24, 2.45) is 0 Å². The highest BCUT2D eigenvalue weighted by atomic mass is 35.5. The zero-order valence-corrected chi connectivity index (χ0v) is 13.8. The Balaban J connectivity index is 1.70. The van der Waals surface area contributed by atoms with Crippen LogP contribution in [0.5, 0.6) is 0 Å². The number of benzene rings is 2. The third-order valence-electron chi connectivity index (χ3n) is 3.42. The molecule has 2 N–H and O–H groups in total. The molecule has 0 atom stereocenters. The fraction of sp³-hybridized carbons (Fsp3) is 0. The van der Waals surface area contributed by atoms with E-state index >= 15 is 0 Å². The van der Waals surface area contributed by atoms with E-state index in [-0.39, 0.29) is 5.91 Å². The van der Waals surface area contributed by atoms with Crippen LogP contribution in [0.3, 0.4) is 0 Å². The maximum Gasteiger partial charge on any atom is 0.256 e. The molecular formula is C19H13ClN4O. The van der Waals surface area contributed by atoms with Gasteiger partial charge in [0.05, 0.1) is 23.1 Å². The highest BCUT2D eigenvalue weighted by Gasteiger charge is 2.07. The zero-order valence-electron chi connectivity index (χ0n) is 13.0. The van der Waals surface area contributed by atoms with E-state index in [2.05, 4.69) is 21.7 Å². The largest absolute Gasteiger partial charge is 0.353 e. The van der Waals surface area contributed by atoms with Gasteiger partial charge in [-0.15, -0.1) is 0 Å². The highest BCUT2D eigenvalue weighted by molar-refractivity contribution is 6.31. The Morgan fingerprint density at radius 3 is 2.64 bits per heavy atom. The van der Waals surface area contributed by atoms with Gasteiger partial charge in [-0.25, -0.2) is 4.98 Å². The van der Waals surface area contributed by atoms with Crippen molar-refractivity contribution in [1.82, 2.24) is 4.98 Å². The molecule has 0 fully saturated rings. The number of nitrogens with one attached hydrogen (secondary N) is 2. The summed E-state index contributed by atoms with van der Waals surface area (Å²) >= 11 is 5.89. The lowest BCUT2D eigenvalue weighted by atomic mass is 10.2. The molecule has 0 radical (unpaired) electrons. The van der Waals surface area contributed by atoms with Crippen molar-refractivity contribution in [2.45, 2.75) is 0 Å². The molecule has 1 heterocycles. The van der Waals surface area contributed by atoms with Gasteiger partial charge in [0.25, 0.3) is 5.91 Å². The van der Waals surface area contributed by atoms with Crippen LogP contribution in [0.15, 0.2) is 66.9 Å². The Morgan fingerprint density at radius 1 is 1.08 bits per heavy atom. The van der Waals surface area contributed by atoms with Gasteiger partial charge >= 0.3 is 0 Å². The molecule has 0 saturated carbocycles. The van der Waals surface area contributed by atoms with Crippen LogP contribution in [0.4, 0.5) is 17.2 Å². The Bertz CT molecular complexity index is 948. The lowest BCUT2D eigenvalue weighted by Gasteiger charge is -2.09. The first kappa shape index (κ1) is 16.5. The smallest absolute Gasteiger partial charge is 0.256 e. The maximum absolute atomic E-state index is 12.2. The molecule has 6 heteroatoms. The van der Waals surface area contributed by atoms with Crippen LogP contribution in [0.2, 0.25) is 5.02 Å². The van der Waals surface area contributed by atoms with E-state index in [0.29, 0.717) is 33.3 Å². The third kappa shape index (κ3) is 4.14. The monoisotopic (exact) mass is 348 g/mol. The van der Waals surface area contributed by atoms with Gasteiger partial charge in [0.15, 0.2) is 0 Å². The average molecular weight is 349 g/mol. The van der Waals surface area contributed by atoms with Crippen LogP contribution in [0.1, 0.15) is 15.9 Å². The number of hydrogen-bond donors (Lipinski definition) is 2. The van der Waals surface area contributed by atoms with Gasteiger partial charge in [0.1, 0.15) is 11.9 Å². The Labute approximate surface area is 149 Å². The second-order valence-corrected chi connectivity index (χ2v) is 5.62. The van der Waals surface area contributed by atoms with Crippen molar-refractivity contribution in [3.8, 4) is 6.07 Å². The minimum absolute atomic E-state index is 0.287. The molecular weight excluding hydrogens is 336 g/mol. The van der Waals surface area contributed by atoms with Crippen molar-refractivity contribution >= 4 is 34.7 Å². The molecule has 122 valence electrons. The molecule has 0 bridgehead atoms. The van der Waals surface area contributed by atoms with E-state index in [0.717, 1.165) is 0 Å². The van der Waals surface area contributed by atoms with E-state index < -0.39 is 0 Å². The molecule has 5 nitrogen and oxygen atoms in total. The first-order chi connectivity index (χ1) is 12.2. The second-order valence-electron chi connectivity index (χ2n) is 5.18. The van der Waals surface area contributed by atoms with Gasteiger partial charge in [-0.05, 0) is 42.5 Å². The fourth-order valence-electron chi connectivity index (χ4n) is 2.21. The minimum Gasteiger partial charge on any atom is -0.353 e.